The largest absolute Gasteiger partial charge is 0.486 e. The first kappa shape index (κ1) is 20.1. The molecule has 2 aliphatic heterocycles. The van der Waals surface area contributed by atoms with E-state index in [1.54, 1.807) is 10.7 Å². The minimum atomic E-state index is -4.54. The maximum atomic E-state index is 13.4. The van der Waals surface area contributed by atoms with Crippen LogP contribution in [0.25, 0.3) is 16.9 Å². The lowest BCUT2D eigenvalue weighted by atomic mass is 10.0. The summed E-state index contributed by atoms with van der Waals surface area (Å²) in [6.07, 6.45) is -1.95. The highest BCUT2D eigenvalue weighted by atomic mass is 35.5. The maximum absolute atomic E-state index is 13.4. The number of hydrogen-bond donors (Lipinski definition) is 1. The molecule has 0 radical (unpaired) electrons. The van der Waals surface area contributed by atoms with Crippen molar-refractivity contribution in [1.82, 2.24) is 9.78 Å². The van der Waals surface area contributed by atoms with Crippen LogP contribution in [0.5, 0.6) is 11.5 Å². The molecule has 9 heteroatoms. The molecule has 3 heterocycles. The molecule has 2 aromatic carbocycles. The monoisotopic (exact) mass is 449 g/mol. The quantitative estimate of drug-likeness (QED) is 0.542. The van der Waals surface area contributed by atoms with Crippen molar-refractivity contribution in [3.05, 3.63) is 52.5 Å². The normalized spacial score (nSPS) is 15.7. The Labute approximate surface area is 181 Å². The molecule has 0 bridgehead atoms. The van der Waals surface area contributed by atoms with Crippen molar-refractivity contribution in [2.45, 2.75) is 25.4 Å². The molecule has 5 nitrogen and oxygen atoms in total. The summed E-state index contributed by atoms with van der Waals surface area (Å²) in [5, 5.41) is 7.79. The zero-order valence-corrected chi connectivity index (χ0v) is 17.2. The molecule has 0 atom stereocenters. The van der Waals surface area contributed by atoms with Crippen molar-refractivity contribution in [3.8, 4) is 28.4 Å². The van der Waals surface area contributed by atoms with Crippen molar-refractivity contribution in [2.75, 3.05) is 25.1 Å². The van der Waals surface area contributed by atoms with Gasteiger partial charge in [0, 0.05) is 23.7 Å². The van der Waals surface area contributed by atoms with Crippen LogP contribution in [-0.4, -0.2) is 29.5 Å². The van der Waals surface area contributed by atoms with Gasteiger partial charge >= 0.3 is 6.18 Å². The van der Waals surface area contributed by atoms with E-state index >= 15 is 0 Å². The molecule has 2 aliphatic rings. The van der Waals surface area contributed by atoms with Crippen molar-refractivity contribution in [3.63, 3.8) is 0 Å². The number of rotatable bonds is 2. The molecule has 0 unspecified atom stereocenters. The molecule has 162 valence electrons. The summed E-state index contributed by atoms with van der Waals surface area (Å²) in [7, 11) is 0. The lowest BCUT2D eigenvalue weighted by molar-refractivity contribution is -0.137. The summed E-state index contributed by atoms with van der Waals surface area (Å²) < 4.78 is 53.3. The molecule has 31 heavy (non-hydrogen) atoms. The van der Waals surface area contributed by atoms with Gasteiger partial charge in [0.25, 0.3) is 0 Å². The molecule has 3 aromatic rings. The number of hydrogen-bond acceptors (Lipinski definition) is 4. The van der Waals surface area contributed by atoms with Gasteiger partial charge in [-0.2, -0.15) is 18.3 Å². The summed E-state index contributed by atoms with van der Waals surface area (Å²) in [4.78, 5) is 0. The predicted molar refractivity (Wildman–Crippen MR) is 111 cm³/mol. The fourth-order valence-corrected chi connectivity index (χ4v) is 4.20. The van der Waals surface area contributed by atoms with Gasteiger partial charge in [-0.1, -0.05) is 17.7 Å². The Morgan fingerprint density at radius 3 is 2.61 bits per heavy atom. The number of nitrogens with zero attached hydrogens (tertiary/aromatic N) is 2. The van der Waals surface area contributed by atoms with E-state index in [1.165, 1.54) is 6.07 Å². The van der Waals surface area contributed by atoms with Gasteiger partial charge in [0.05, 0.1) is 22.0 Å². The average molecular weight is 450 g/mol. The highest BCUT2D eigenvalue weighted by molar-refractivity contribution is 6.31. The Bertz CT molecular complexity index is 1140. The van der Waals surface area contributed by atoms with E-state index in [0.717, 1.165) is 42.5 Å². The Kier molecular flexibility index (Phi) is 4.97. The molecule has 0 aliphatic carbocycles. The fourth-order valence-electron chi connectivity index (χ4n) is 3.97. The van der Waals surface area contributed by atoms with Crippen LogP contribution in [0.4, 0.5) is 19.0 Å². The number of halogens is 4. The maximum Gasteiger partial charge on any atom is 0.417 e. The lowest BCUT2D eigenvalue weighted by Crippen LogP contribution is -2.15. The SMILES string of the molecule is FC(F)(F)c1cc(-c2nn(-c3ccc4c(c3)OCCO4)c3c2CCCCN3)ccc1Cl. The van der Waals surface area contributed by atoms with Gasteiger partial charge in [-0.25, -0.2) is 4.68 Å². The molecule has 5 rings (SSSR count). The lowest BCUT2D eigenvalue weighted by Gasteiger charge is -2.19. The molecule has 1 N–H and O–H groups in total. The molecule has 0 fully saturated rings. The van der Waals surface area contributed by atoms with Gasteiger partial charge in [-0.15, -0.1) is 0 Å². The van der Waals surface area contributed by atoms with E-state index < -0.39 is 11.7 Å². The zero-order chi connectivity index (χ0) is 21.6. The van der Waals surface area contributed by atoms with E-state index in [0.29, 0.717) is 42.4 Å². The van der Waals surface area contributed by atoms with Crippen LogP contribution in [0, 0.1) is 0 Å². The number of anilines is 1. The smallest absolute Gasteiger partial charge is 0.417 e. The summed E-state index contributed by atoms with van der Waals surface area (Å²) in [6, 6.07) is 9.45. The molecule has 0 amide bonds. The summed E-state index contributed by atoms with van der Waals surface area (Å²) >= 11 is 5.82. The highest BCUT2D eigenvalue weighted by Crippen LogP contribution is 2.40. The first-order valence-corrected chi connectivity index (χ1v) is 10.4. The van der Waals surface area contributed by atoms with Crippen LogP contribution in [0.1, 0.15) is 24.0 Å². The number of fused-ring (bicyclic) bond motifs is 2. The second-order valence-electron chi connectivity index (χ2n) is 7.49. The number of aromatic nitrogens is 2. The van der Waals surface area contributed by atoms with Crippen LogP contribution in [0.3, 0.4) is 0 Å². The Morgan fingerprint density at radius 1 is 1.00 bits per heavy atom. The average Bonchev–Trinajstić information content (AvgIpc) is 2.94. The van der Waals surface area contributed by atoms with E-state index in [9.17, 15) is 13.2 Å². The van der Waals surface area contributed by atoms with Crippen LogP contribution in [-0.2, 0) is 12.6 Å². The van der Waals surface area contributed by atoms with Crippen molar-refractivity contribution in [2.24, 2.45) is 0 Å². The van der Waals surface area contributed by atoms with Crippen molar-refractivity contribution >= 4 is 17.4 Å². The van der Waals surface area contributed by atoms with Crippen LogP contribution >= 0.6 is 11.6 Å². The predicted octanol–water partition coefficient (Wildman–Crippen LogP) is 5.73. The second-order valence-corrected chi connectivity index (χ2v) is 7.90. The Morgan fingerprint density at radius 2 is 1.81 bits per heavy atom. The van der Waals surface area contributed by atoms with Gasteiger partial charge in [0.2, 0.25) is 0 Å². The van der Waals surface area contributed by atoms with Gasteiger partial charge in [0.15, 0.2) is 11.5 Å². The second kappa shape index (κ2) is 7.67. The zero-order valence-electron chi connectivity index (χ0n) is 16.4. The molecule has 0 spiro atoms. The third kappa shape index (κ3) is 3.69. The van der Waals surface area contributed by atoms with Gasteiger partial charge in [-0.05, 0) is 43.5 Å². The summed E-state index contributed by atoms with van der Waals surface area (Å²) in [5.41, 5.74) is 1.67. The number of nitrogens with one attached hydrogen (secondary N) is 1. The first-order chi connectivity index (χ1) is 14.9. The molecule has 1 aromatic heterocycles. The van der Waals surface area contributed by atoms with Crippen LogP contribution in [0.15, 0.2) is 36.4 Å². The van der Waals surface area contributed by atoms with Gasteiger partial charge in [-0.3, -0.25) is 0 Å². The topological polar surface area (TPSA) is 48.3 Å². The molecular weight excluding hydrogens is 431 g/mol. The molecule has 0 saturated carbocycles. The van der Waals surface area contributed by atoms with Gasteiger partial charge < -0.3 is 14.8 Å². The van der Waals surface area contributed by atoms with Crippen LogP contribution in [0.2, 0.25) is 5.02 Å². The number of ether oxygens (including phenoxy) is 2. The third-order valence-electron chi connectivity index (χ3n) is 5.45. The highest BCUT2D eigenvalue weighted by Gasteiger charge is 2.34. The summed E-state index contributed by atoms with van der Waals surface area (Å²) in [6.45, 7) is 1.71. The minimum Gasteiger partial charge on any atom is -0.486 e. The standard InChI is InChI=1S/C22H19ClF3N3O2/c23-17-6-4-13(11-16(17)22(24,25)26)20-15-3-1-2-8-27-21(15)29(28-20)14-5-7-18-19(12-14)31-10-9-30-18/h4-7,11-12,27H,1-3,8-10H2. The van der Waals surface area contributed by atoms with E-state index in [4.69, 9.17) is 26.2 Å². The van der Waals surface area contributed by atoms with Crippen molar-refractivity contribution < 1.29 is 22.6 Å². The van der Waals surface area contributed by atoms with E-state index in [2.05, 4.69) is 5.32 Å². The number of alkyl halides is 3. The van der Waals surface area contributed by atoms with Gasteiger partial charge in [0.1, 0.15) is 19.0 Å². The molecule has 0 saturated heterocycles. The Balaban J connectivity index is 1.66. The minimum absolute atomic E-state index is 0.327. The fraction of sp³-hybridized carbons (Fsp3) is 0.318. The first-order valence-electron chi connectivity index (χ1n) is 10.0. The summed E-state index contributed by atoms with van der Waals surface area (Å²) in [5.74, 6) is 2.07. The molecular formula is C22H19ClF3N3O2. The van der Waals surface area contributed by atoms with Crippen molar-refractivity contribution in [1.29, 1.82) is 0 Å². The third-order valence-corrected chi connectivity index (χ3v) is 5.77. The van der Waals surface area contributed by atoms with Crippen LogP contribution < -0.4 is 14.8 Å². The Hall–Kier alpha value is -2.87. The van der Waals surface area contributed by atoms with E-state index in [-0.39, 0.29) is 5.02 Å². The number of benzene rings is 2. The van der Waals surface area contributed by atoms with E-state index in [1.807, 2.05) is 18.2 Å².